The number of rotatable bonds is 3. The van der Waals surface area contributed by atoms with Gasteiger partial charge in [0.15, 0.2) is 5.69 Å². The number of aryl methyl sites for hydroxylation is 1. The Kier molecular flexibility index (Phi) is 3.14. The van der Waals surface area contributed by atoms with E-state index in [-0.39, 0.29) is 11.6 Å². The van der Waals surface area contributed by atoms with Gasteiger partial charge in [0.05, 0.1) is 5.69 Å². The fourth-order valence-electron chi connectivity index (χ4n) is 1.21. The van der Waals surface area contributed by atoms with Crippen molar-refractivity contribution >= 4 is 22.4 Å². The smallest absolute Gasteiger partial charge is 0.336 e. The van der Waals surface area contributed by atoms with Gasteiger partial charge in [0.1, 0.15) is 5.82 Å². The Morgan fingerprint density at radius 1 is 1.41 bits per heavy atom. The highest BCUT2D eigenvalue weighted by Crippen LogP contribution is 2.24. The third kappa shape index (κ3) is 2.47. The number of hydrogen-bond donors (Lipinski definition) is 1. The SMILES string of the molecule is Cc1nsc(N=Nc2c(C(C)C)[nH]oc2=O)n1. The molecule has 0 aliphatic rings. The Hall–Kier alpha value is -1.83. The number of aromatic nitrogens is 3. The second-order valence-corrected chi connectivity index (χ2v) is 4.46. The topological polar surface area (TPSA) is 96.5 Å². The lowest BCUT2D eigenvalue weighted by Gasteiger charge is -1.98. The summed E-state index contributed by atoms with van der Waals surface area (Å²) in [6.45, 7) is 5.61. The molecule has 2 heterocycles. The molecule has 2 aromatic rings. The molecule has 0 bridgehead atoms. The summed E-state index contributed by atoms with van der Waals surface area (Å²) in [5.74, 6) is 0.737. The molecule has 7 nitrogen and oxygen atoms in total. The summed E-state index contributed by atoms with van der Waals surface area (Å²) < 4.78 is 8.65. The molecule has 17 heavy (non-hydrogen) atoms. The molecule has 0 saturated heterocycles. The van der Waals surface area contributed by atoms with Crippen LogP contribution >= 0.6 is 11.5 Å². The predicted octanol–water partition coefficient (Wildman–Crippen LogP) is 2.67. The Morgan fingerprint density at radius 2 is 2.18 bits per heavy atom. The lowest BCUT2D eigenvalue weighted by molar-refractivity contribution is 0.382. The van der Waals surface area contributed by atoms with Crippen molar-refractivity contribution in [1.82, 2.24) is 14.5 Å². The van der Waals surface area contributed by atoms with E-state index in [1.54, 1.807) is 6.92 Å². The summed E-state index contributed by atoms with van der Waals surface area (Å²) in [6, 6.07) is 0. The van der Waals surface area contributed by atoms with E-state index in [0.717, 1.165) is 11.5 Å². The fraction of sp³-hybridized carbons (Fsp3) is 0.444. The van der Waals surface area contributed by atoms with Crippen LogP contribution in [0.2, 0.25) is 0 Å². The van der Waals surface area contributed by atoms with Crippen molar-refractivity contribution in [2.75, 3.05) is 0 Å². The number of hydrogen-bond acceptors (Lipinski definition) is 7. The summed E-state index contributed by atoms with van der Waals surface area (Å²) in [5, 5.41) is 10.7. The van der Waals surface area contributed by atoms with Crippen LogP contribution < -0.4 is 5.63 Å². The van der Waals surface area contributed by atoms with Crippen molar-refractivity contribution in [2.45, 2.75) is 26.7 Å². The zero-order chi connectivity index (χ0) is 12.4. The summed E-state index contributed by atoms with van der Waals surface area (Å²) in [6.07, 6.45) is 0. The van der Waals surface area contributed by atoms with Gasteiger partial charge in [-0.3, -0.25) is 0 Å². The van der Waals surface area contributed by atoms with Crippen molar-refractivity contribution in [3.63, 3.8) is 0 Å². The van der Waals surface area contributed by atoms with E-state index in [0.29, 0.717) is 16.6 Å². The van der Waals surface area contributed by atoms with Gasteiger partial charge >= 0.3 is 5.63 Å². The van der Waals surface area contributed by atoms with Crippen LogP contribution in [0, 0.1) is 6.92 Å². The third-order valence-electron chi connectivity index (χ3n) is 2.03. The molecule has 90 valence electrons. The van der Waals surface area contributed by atoms with Crippen LogP contribution in [0.25, 0.3) is 0 Å². The van der Waals surface area contributed by atoms with Gasteiger partial charge in [-0.2, -0.15) is 4.37 Å². The first kappa shape index (κ1) is 11.6. The van der Waals surface area contributed by atoms with Gasteiger partial charge in [-0.15, -0.1) is 10.2 Å². The molecule has 0 atom stereocenters. The maximum absolute atomic E-state index is 11.4. The van der Waals surface area contributed by atoms with Gasteiger partial charge in [-0.1, -0.05) is 13.8 Å². The molecule has 1 N–H and O–H groups in total. The molecule has 0 aromatic carbocycles. The summed E-state index contributed by atoms with van der Waals surface area (Å²) in [7, 11) is 0. The first-order valence-corrected chi connectivity index (χ1v) is 5.78. The zero-order valence-corrected chi connectivity index (χ0v) is 10.4. The summed E-state index contributed by atoms with van der Waals surface area (Å²) >= 11 is 1.13. The Bertz CT molecular complexity index is 595. The molecular formula is C9H11N5O2S. The molecule has 0 saturated carbocycles. The molecule has 0 amide bonds. The third-order valence-corrected chi connectivity index (χ3v) is 2.72. The Morgan fingerprint density at radius 3 is 2.76 bits per heavy atom. The number of aromatic amines is 1. The number of nitrogens with one attached hydrogen (secondary N) is 1. The Balaban J connectivity index is 2.32. The van der Waals surface area contributed by atoms with E-state index in [2.05, 4.69) is 29.3 Å². The second kappa shape index (κ2) is 4.58. The molecule has 0 spiro atoms. The number of azo groups is 1. The lowest BCUT2D eigenvalue weighted by Crippen LogP contribution is -1.93. The van der Waals surface area contributed by atoms with Gasteiger partial charge in [-0.05, 0) is 12.8 Å². The monoisotopic (exact) mass is 253 g/mol. The first-order chi connectivity index (χ1) is 8.08. The van der Waals surface area contributed by atoms with Crippen molar-refractivity contribution in [1.29, 1.82) is 0 Å². The normalized spacial score (nSPS) is 11.8. The van der Waals surface area contributed by atoms with E-state index in [4.69, 9.17) is 0 Å². The molecular weight excluding hydrogens is 242 g/mol. The number of H-pyrrole nitrogens is 1. The maximum Gasteiger partial charge on any atom is 0.384 e. The molecule has 0 radical (unpaired) electrons. The van der Waals surface area contributed by atoms with Gasteiger partial charge < -0.3 is 4.52 Å². The minimum absolute atomic E-state index is 0.103. The molecule has 2 aromatic heterocycles. The molecule has 2 rings (SSSR count). The van der Waals surface area contributed by atoms with Crippen LogP contribution in [0.5, 0.6) is 0 Å². The van der Waals surface area contributed by atoms with E-state index in [9.17, 15) is 4.79 Å². The second-order valence-electron chi connectivity index (χ2n) is 3.73. The van der Waals surface area contributed by atoms with Gasteiger partial charge in [0.25, 0.3) is 0 Å². The highest BCUT2D eigenvalue weighted by atomic mass is 32.1. The number of nitrogens with zero attached hydrogens (tertiary/aromatic N) is 4. The highest BCUT2D eigenvalue weighted by molar-refractivity contribution is 7.09. The van der Waals surface area contributed by atoms with Gasteiger partial charge in [0.2, 0.25) is 5.13 Å². The largest absolute Gasteiger partial charge is 0.384 e. The first-order valence-electron chi connectivity index (χ1n) is 5.01. The lowest BCUT2D eigenvalue weighted by atomic mass is 10.1. The van der Waals surface area contributed by atoms with Crippen LogP contribution in [0.1, 0.15) is 31.3 Å². The van der Waals surface area contributed by atoms with Crippen LogP contribution in [-0.4, -0.2) is 14.5 Å². The summed E-state index contributed by atoms with van der Waals surface area (Å²) in [4.78, 5) is 15.4. The van der Waals surface area contributed by atoms with Crippen LogP contribution in [0.3, 0.4) is 0 Å². The van der Waals surface area contributed by atoms with Crippen LogP contribution in [0.4, 0.5) is 10.8 Å². The predicted molar refractivity (Wildman–Crippen MR) is 62.2 cm³/mol. The molecule has 0 unspecified atom stereocenters. The average Bonchev–Trinajstić information content (AvgIpc) is 2.82. The van der Waals surface area contributed by atoms with Crippen molar-refractivity contribution < 1.29 is 4.52 Å². The minimum atomic E-state index is -0.529. The average molecular weight is 253 g/mol. The summed E-state index contributed by atoms with van der Waals surface area (Å²) in [5.41, 5.74) is 0.284. The van der Waals surface area contributed by atoms with Gasteiger partial charge in [-0.25, -0.2) is 14.9 Å². The van der Waals surface area contributed by atoms with Crippen LogP contribution in [0.15, 0.2) is 19.5 Å². The van der Waals surface area contributed by atoms with E-state index < -0.39 is 5.63 Å². The van der Waals surface area contributed by atoms with Crippen molar-refractivity contribution in [2.24, 2.45) is 10.2 Å². The fourth-order valence-corrected chi connectivity index (χ4v) is 1.72. The Labute approximate surface area is 101 Å². The molecule has 0 aliphatic carbocycles. The van der Waals surface area contributed by atoms with Crippen molar-refractivity contribution in [3.05, 3.63) is 21.9 Å². The molecule has 0 fully saturated rings. The standard InChI is InChI=1S/C9H11N5O2S/c1-4(2)6-7(8(15)16-13-6)11-12-9-10-5(3)14-17-9/h4,13H,1-3H3. The van der Waals surface area contributed by atoms with Crippen molar-refractivity contribution in [3.8, 4) is 0 Å². The highest BCUT2D eigenvalue weighted by Gasteiger charge is 2.14. The maximum atomic E-state index is 11.4. The van der Waals surface area contributed by atoms with E-state index in [1.807, 2.05) is 13.8 Å². The minimum Gasteiger partial charge on any atom is -0.336 e. The van der Waals surface area contributed by atoms with Crippen LogP contribution in [-0.2, 0) is 0 Å². The van der Waals surface area contributed by atoms with Gasteiger partial charge in [0, 0.05) is 11.5 Å². The quantitative estimate of drug-likeness (QED) is 0.850. The van der Waals surface area contributed by atoms with E-state index >= 15 is 0 Å². The molecule has 0 aliphatic heterocycles. The zero-order valence-electron chi connectivity index (χ0n) is 9.59. The van der Waals surface area contributed by atoms with E-state index in [1.165, 1.54) is 0 Å². The molecule has 8 heteroatoms.